The molecule has 0 aliphatic heterocycles. The highest BCUT2D eigenvalue weighted by Crippen LogP contribution is 2.42. The molecule has 2 atom stereocenters. The van der Waals surface area contributed by atoms with E-state index in [0.29, 0.717) is 23.2 Å². The maximum absolute atomic E-state index is 12.5. The van der Waals surface area contributed by atoms with Crippen molar-refractivity contribution in [3.05, 3.63) is 59.7 Å². The monoisotopic (exact) mass is 390 g/mol. The van der Waals surface area contributed by atoms with Crippen molar-refractivity contribution in [2.24, 2.45) is 5.92 Å². The molecule has 148 valence electrons. The minimum Gasteiger partial charge on any atom is -0.406 e. The van der Waals surface area contributed by atoms with E-state index in [1.54, 1.807) is 6.07 Å². The van der Waals surface area contributed by atoms with E-state index in [0.717, 1.165) is 24.4 Å². The predicted octanol–water partition coefficient (Wildman–Crippen LogP) is 4.69. The second kappa shape index (κ2) is 7.47. The molecule has 0 spiro atoms. The summed E-state index contributed by atoms with van der Waals surface area (Å²) >= 11 is 0. The van der Waals surface area contributed by atoms with E-state index < -0.39 is 6.36 Å². The van der Waals surface area contributed by atoms with Crippen LogP contribution in [0, 0.1) is 5.92 Å². The number of hydrogen-bond donors (Lipinski definition) is 2. The molecule has 4 nitrogen and oxygen atoms in total. The normalized spacial score (nSPS) is 21.2. The molecule has 2 aliphatic carbocycles. The van der Waals surface area contributed by atoms with Crippen molar-refractivity contribution >= 4 is 11.6 Å². The van der Waals surface area contributed by atoms with E-state index in [4.69, 9.17) is 0 Å². The van der Waals surface area contributed by atoms with Crippen molar-refractivity contribution in [1.29, 1.82) is 0 Å². The number of alkyl halides is 3. The van der Waals surface area contributed by atoms with Crippen molar-refractivity contribution in [3.63, 3.8) is 0 Å². The lowest BCUT2D eigenvalue weighted by molar-refractivity contribution is -0.274. The van der Waals surface area contributed by atoms with Gasteiger partial charge in [-0.15, -0.1) is 13.2 Å². The van der Waals surface area contributed by atoms with Crippen molar-refractivity contribution in [2.75, 3.05) is 11.9 Å². The Hall–Kier alpha value is -2.54. The summed E-state index contributed by atoms with van der Waals surface area (Å²) in [6.07, 6.45) is -1.01. The van der Waals surface area contributed by atoms with Gasteiger partial charge in [0.15, 0.2) is 0 Å². The summed E-state index contributed by atoms with van der Waals surface area (Å²) in [6.45, 7) is 1.08. The maximum atomic E-state index is 12.5. The molecule has 0 radical (unpaired) electrons. The Balaban J connectivity index is 1.34. The fraction of sp³-hybridized carbons (Fsp3) is 0.381. The summed E-state index contributed by atoms with van der Waals surface area (Å²) in [7, 11) is 0. The Labute approximate surface area is 161 Å². The molecule has 4 rings (SSSR count). The molecule has 2 aliphatic rings. The van der Waals surface area contributed by atoms with Crippen LogP contribution in [0.5, 0.6) is 5.75 Å². The Morgan fingerprint density at radius 2 is 1.86 bits per heavy atom. The highest BCUT2D eigenvalue weighted by molar-refractivity contribution is 6.04. The Morgan fingerprint density at radius 3 is 2.54 bits per heavy atom. The molecule has 0 bridgehead atoms. The number of ether oxygens (including phenoxy) is 1. The molecule has 2 fully saturated rings. The maximum Gasteiger partial charge on any atom is 0.573 e. The molecule has 2 aromatic rings. The number of anilines is 1. The second-order valence-electron chi connectivity index (χ2n) is 7.45. The molecule has 28 heavy (non-hydrogen) atoms. The van der Waals surface area contributed by atoms with Gasteiger partial charge in [-0.3, -0.25) is 4.79 Å². The van der Waals surface area contributed by atoms with Crippen molar-refractivity contribution < 1.29 is 22.7 Å². The average molecular weight is 390 g/mol. The summed E-state index contributed by atoms with van der Waals surface area (Å²) in [5, 5.41) is 6.29. The van der Waals surface area contributed by atoms with E-state index in [-0.39, 0.29) is 11.7 Å². The molecule has 0 saturated heterocycles. The molecule has 1 amide bonds. The first-order valence-electron chi connectivity index (χ1n) is 9.38. The van der Waals surface area contributed by atoms with E-state index in [9.17, 15) is 18.0 Å². The van der Waals surface area contributed by atoms with Crippen molar-refractivity contribution in [1.82, 2.24) is 5.32 Å². The molecule has 0 heterocycles. The molecule has 2 saturated carbocycles. The summed E-state index contributed by atoms with van der Waals surface area (Å²) in [5.41, 5.74) is 2.07. The Bertz CT molecular complexity index is 847. The summed E-state index contributed by atoms with van der Waals surface area (Å²) in [4.78, 5) is 12.5. The fourth-order valence-corrected chi connectivity index (χ4v) is 3.28. The van der Waals surface area contributed by atoms with Gasteiger partial charge >= 0.3 is 6.36 Å². The lowest BCUT2D eigenvalue weighted by Gasteiger charge is -2.10. The van der Waals surface area contributed by atoms with E-state index in [1.165, 1.54) is 37.1 Å². The third kappa shape index (κ3) is 5.04. The zero-order chi connectivity index (χ0) is 19.7. The standard InChI is InChI=1S/C21H21F3N2O2/c22-21(23,24)28-17-8-6-16(7-9-17)26-20(27)15-3-1-2-14(10-15)18-11-19(18)25-12-13-4-5-13/h1-3,6-10,13,18-19,25H,4-5,11-12H2,(H,26,27)/t18-,19+/m0/s1. The Kier molecular flexibility index (Phi) is 5.02. The lowest BCUT2D eigenvalue weighted by Crippen LogP contribution is -2.20. The fourth-order valence-electron chi connectivity index (χ4n) is 3.28. The highest BCUT2D eigenvalue weighted by Gasteiger charge is 2.39. The SMILES string of the molecule is O=C(Nc1ccc(OC(F)(F)F)cc1)c1cccc([C@@H]2C[C@H]2NCC2CC2)c1. The first-order valence-corrected chi connectivity index (χ1v) is 9.38. The van der Waals surface area contributed by atoms with Crippen LogP contribution in [-0.4, -0.2) is 24.9 Å². The molecule has 0 unspecified atom stereocenters. The predicted molar refractivity (Wildman–Crippen MR) is 99.4 cm³/mol. The van der Waals surface area contributed by atoms with Gasteiger partial charge in [0.05, 0.1) is 0 Å². The van der Waals surface area contributed by atoms with Gasteiger partial charge < -0.3 is 15.4 Å². The largest absolute Gasteiger partial charge is 0.573 e. The minimum atomic E-state index is -4.74. The van der Waals surface area contributed by atoms with E-state index >= 15 is 0 Å². The minimum absolute atomic E-state index is 0.297. The number of nitrogens with one attached hydrogen (secondary N) is 2. The van der Waals surface area contributed by atoms with Crippen LogP contribution in [0.1, 0.15) is 41.1 Å². The summed E-state index contributed by atoms with van der Waals surface area (Å²) in [5.74, 6) is 0.650. The van der Waals surface area contributed by atoms with Gasteiger partial charge in [-0.1, -0.05) is 12.1 Å². The average Bonchev–Trinajstić information content (AvgIpc) is 3.55. The smallest absolute Gasteiger partial charge is 0.406 e. The molecule has 2 aromatic carbocycles. The summed E-state index contributed by atoms with van der Waals surface area (Å²) < 4.78 is 40.4. The van der Waals surface area contributed by atoms with Gasteiger partial charge in [0, 0.05) is 23.2 Å². The molecule has 0 aromatic heterocycles. The van der Waals surface area contributed by atoms with Crippen LogP contribution >= 0.6 is 0 Å². The number of hydrogen-bond acceptors (Lipinski definition) is 3. The van der Waals surface area contributed by atoms with Crippen LogP contribution in [0.4, 0.5) is 18.9 Å². The van der Waals surface area contributed by atoms with Gasteiger partial charge in [0.25, 0.3) is 5.91 Å². The second-order valence-corrected chi connectivity index (χ2v) is 7.45. The number of amides is 1. The van der Waals surface area contributed by atoms with Crippen molar-refractivity contribution in [2.45, 2.75) is 37.6 Å². The first kappa shape index (κ1) is 18.8. The zero-order valence-corrected chi connectivity index (χ0v) is 15.1. The number of rotatable bonds is 7. The quantitative estimate of drug-likeness (QED) is 0.721. The zero-order valence-electron chi connectivity index (χ0n) is 15.1. The number of benzene rings is 2. The third-order valence-electron chi connectivity index (χ3n) is 5.08. The number of carbonyl (C=O) groups is 1. The molecular weight excluding hydrogens is 369 g/mol. The van der Waals surface area contributed by atoms with Crippen molar-refractivity contribution in [3.8, 4) is 5.75 Å². The van der Waals surface area contributed by atoms with Crippen LogP contribution < -0.4 is 15.4 Å². The van der Waals surface area contributed by atoms with Gasteiger partial charge in [-0.2, -0.15) is 0 Å². The van der Waals surface area contributed by atoms with Gasteiger partial charge in [0.1, 0.15) is 5.75 Å². The molecule has 2 N–H and O–H groups in total. The van der Waals surface area contributed by atoms with E-state index in [1.807, 2.05) is 18.2 Å². The van der Waals surface area contributed by atoms with Gasteiger partial charge in [-0.05, 0) is 73.7 Å². The van der Waals surface area contributed by atoms with Crippen LogP contribution in [0.25, 0.3) is 0 Å². The van der Waals surface area contributed by atoms with Crippen LogP contribution in [0.15, 0.2) is 48.5 Å². The van der Waals surface area contributed by atoms with Crippen LogP contribution in [0.3, 0.4) is 0 Å². The summed E-state index contributed by atoms with van der Waals surface area (Å²) in [6, 6.07) is 13.1. The van der Waals surface area contributed by atoms with E-state index in [2.05, 4.69) is 15.4 Å². The molecule has 7 heteroatoms. The lowest BCUT2D eigenvalue weighted by atomic mass is 10.1. The first-order chi connectivity index (χ1) is 13.4. The third-order valence-corrected chi connectivity index (χ3v) is 5.08. The van der Waals surface area contributed by atoms with Gasteiger partial charge in [0.2, 0.25) is 0 Å². The molecular formula is C21H21F3N2O2. The number of halogens is 3. The Morgan fingerprint density at radius 1 is 1.11 bits per heavy atom. The highest BCUT2D eigenvalue weighted by atomic mass is 19.4. The number of carbonyl (C=O) groups excluding carboxylic acids is 1. The van der Waals surface area contributed by atoms with Gasteiger partial charge in [-0.25, -0.2) is 0 Å². The topological polar surface area (TPSA) is 50.4 Å². The van der Waals surface area contributed by atoms with Crippen LogP contribution in [-0.2, 0) is 0 Å². The van der Waals surface area contributed by atoms with Crippen LogP contribution in [0.2, 0.25) is 0 Å².